The lowest BCUT2D eigenvalue weighted by molar-refractivity contribution is -0.385. The fourth-order valence-corrected chi connectivity index (χ4v) is 4.04. The number of nitro groups is 1. The molecule has 0 radical (unpaired) electrons. The third kappa shape index (κ3) is 3.25. The van der Waals surface area contributed by atoms with Crippen LogP contribution < -0.4 is 0 Å². The zero-order valence-electron chi connectivity index (χ0n) is 14.1. The number of hydrogen-bond donors (Lipinski definition) is 0. The van der Waals surface area contributed by atoms with Gasteiger partial charge in [-0.15, -0.1) is 0 Å². The standard InChI is InChI=1S/C15H17N3O6S/c1-5-24-15(19)14-10(3)16-17(11(14)4)25(22,23)13-8-12(18(20)21)7-6-9(13)2/h6-8H,5H2,1-4H3. The summed E-state index contributed by atoms with van der Waals surface area (Å²) in [6.45, 7) is 6.21. The van der Waals surface area contributed by atoms with E-state index in [1.807, 2.05) is 0 Å². The van der Waals surface area contributed by atoms with Crippen LogP contribution >= 0.6 is 0 Å². The van der Waals surface area contributed by atoms with Crippen molar-refractivity contribution in [2.24, 2.45) is 0 Å². The van der Waals surface area contributed by atoms with Crippen molar-refractivity contribution in [1.29, 1.82) is 0 Å². The lowest BCUT2D eigenvalue weighted by Crippen LogP contribution is -2.18. The van der Waals surface area contributed by atoms with Crippen LogP contribution in [-0.2, 0) is 14.8 Å². The van der Waals surface area contributed by atoms with E-state index in [0.717, 1.165) is 6.07 Å². The summed E-state index contributed by atoms with van der Waals surface area (Å²) in [6, 6.07) is 3.55. The minimum Gasteiger partial charge on any atom is -0.462 e. The summed E-state index contributed by atoms with van der Waals surface area (Å²) >= 11 is 0. The van der Waals surface area contributed by atoms with Gasteiger partial charge in [0.2, 0.25) is 0 Å². The second-order valence-electron chi connectivity index (χ2n) is 5.32. The van der Waals surface area contributed by atoms with Gasteiger partial charge in [-0.2, -0.15) is 17.6 Å². The maximum Gasteiger partial charge on any atom is 0.341 e. The summed E-state index contributed by atoms with van der Waals surface area (Å²) in [6.07, 6.45) is 0. The average Bonchev–Trinajstić information content (AvgIpc) is 2.83. The SMILES string of the molecule is CCOC(=O)c1c(C)nn(S(=O)(=O)c2cc([N+](=O)[O-])ccc2C)c1C. The van der Waals surface area contributed by atoms with E-state index >= 15 is 0 Å². The fourth-order valence-electron chi connectivity index (χ4n) is 2.42. The Bertz CT molecular complexity index is 962. The van der Waals surface area contributed by atoms with Crippen molar-refractivity contribution in [3.8, 4) is 0 Å². The summed E-state index contributed by atoms with van der Waals surface area (Å²) in [5.74, 6) is -0.672. The molecule has 0 atom stereocenters. The quantitative estimate of drug-likeness (QED) is 0.451. The maximum absolute atomic E-state index is 12.9. The number of carbonyl (C=O) groups is 1. The van der Waals surface area contributed by atoms with Crippen molar-refractivity contribution in [3.63, 3.8) is 0 Å². The first-order valence-corrected chi connectivity index (χ1v) is 8.79. The Morgan fingerprint density at radius 3 is 2.52 bits per heavy atom. The second-order valence-corrected chi connectivity index (χ2v) is 7.06. The van der Waals surface area contributed by atoms with E-state index in [-0.39, 0.29) is 34.1 Å². The van der Waals surface area contributed by atoms with Crippen LogP contribution in [0.25, 0.3) is 0 Å². The molecule has 0 bridgehead atoms. The van der Waals surface area contributed by atoms with Gasteiger partial charge < -0.3 is 4.74 Å². The lowest BCUT2D eigenvalue weighted by Gasteiger charge is -2.09. The number of nitrogens with zero attached hydrogens (tertiary/aromatic N) is 3. The van der Waals surface area contributed by atoms with Crippen LogP contribution in [0, 0.1) is 30.9 Å². The van der Waals surface area contributed by atoms with Crippen LogP contribution in [0.3, 0.4) is 0 Å². The Morgan fingerprint density at radius 2 is 1.96 bits per heavy atom. The Labute approximate surface area is 144 Å². The van der Waals surface area contributed by atoms with Crippen molar-refractivity contribution in [3.05, 3.63) is 50.8 Å². The molecule has 1 heterocycles. The van der Waals surface area contributed by atoms with Gasteiger partial charge in [0, 0.05) is 12.1 Å². The Hall–Kier alpha value is -2.75. The molecule has 9 nitrogen and oxygen atoms in total. The van der Waals surface area contributed by atoms with Crippen molar-refractivity contribution in [2.45, 2.75) is 32.6 Å². The third-order valence-corrected chi connectivity index (χ3v) is 5.43. The van der Waals surface area contributed by atoms with Gasteiger partial charge in [0.25, 0.3) is 15.7 Å². The van der Waals surface area contributed by atoms with Gasteiger partial charge in [0.15, 0.2) is 0 Å². The minimum absolute atomic E-state index is 0.0634. The van der Waals surface area contributed by atoms with Crippen LogP contribution in [0.1, 0.15) is 34.2 Å². The van der Waals surface area contributed by atoms with Gasteiger partial charge in [0.05, 0.1) is 27.8 Å². The predicted molar refractivity (Wildman–Crippen MR) is 88.1 cm³/mol. The van der Waals surface area contributed by atoms with Gasteiger partial charge in [-0.3, -0.25) is 10.1 Å². The number of aromatic nitrogens is 2. The molecule has 0 saturated carbocycles. The number of rotatable bonds is 5. The Morgan fingerprint density at radius 1 is 1.32 bits per heavy atom. The molecule has 134 valence electrons. The zero-order chi connectivity index (χ0) is 18.9. The molecule has 2 rings (SSSR count). The highest BCUT2D eigenvalue weighted by molar-refractivity contribution is 7.90. The predicted octanol–water partition coefficient (Wildman–Crippen LogP) is 2.13. The van der Waals surface area contributed by atoms with E-state index in [4.69, 9.17) is 4.74 Å². The number of ether oxygens (including phenoxy) is 1. The lowest BCUT2D eigenvalue weighted by atomic mass is 10.2. The van der Waals surface area contributed by atoms with E-state index in [1.165, 1.54) is 32.9 Å². The van der Waals surface area contributed by atoms with Crippen molar-refractivity contribution in [1.82, 2.24) is 9.19 Å². The molecule has 0 unspecified atom stereocenters. The first kappa shape index (κ1) is 18.6. The van der Waals surface area contributed by atoms with Crippen molar-refractivity contribution < 1.29 is 22.9 Å². The first-order valence-electron chi connectivity index (χ1n) is 7.35. The third-order valence-electron chi connectivity index (χ3n) is 3.62. The number of nitro benzene ring substituents is 1. The molecule has 0 amide bonds. The molecule has 0 aliphatic carbocycles. The van der Waals surface area contributed by atoms with Crippen LogP contribution in [0.5, 0.6) is 0 Å². The summed E-state index contributed by atoms with van der Waals surface area (Å²) in [7, 11) is -4.21. The maximum atomic E-state index is 12.9. The molecule has 0 saturated heterocycles. The monoisotopic (exact) mass is 367 g/mol. The topological polar surface area (TPSA) is 121 Å². The largest absolute Gasteiger partial charge is 0.462 e. The van der Waals surface area contributed by atoms with E-state index < -0.39 is 20.9 Å². The first-order chi connectivity index (χ1) is 11.6. The van der Waals surface area contributed by atoms with Crippen LogP contribution in [-0.4, -0.2) is 35.1 Å². The van der Waals surface area contributed by atoms with Crippen LogP contribution in [0.4, 0.5) is 5.69 Å². The second kappa shape index (κ2) is 6.63. The molecule has 0 aliphatic heterocycles. The van der Waals surface area contributed by atoms with E-state index in [9.17, 15) is 23.3 Å². The molecule has 1 aromatic heterocycles. The molecule has 0 fully saturated rings. The highest BCUT2D eigenvalue weighted by Gasteiger charge is 2.29. The minimum atomic E-state index is -4.21. The smallest absolute Gasteiger partial charge is 0.341 e. The number of benzene rings is 1. The summed E-state index contributed by atoms with van der Waals surface area (Å²) in [5, 5.41) is 14.9. The van der Waals surface area contributed by atoms with Crippen LogP contribution in [0.15, 0.2) is 23.1 Å². The molecule has 25 heavy (non-hydrogen) atoms. The Kier molecular flexibility index (Phi) is 4.93. The molecule has 0 aliphatic rings. The zero-order valence-corrected chi connectivity index (χ0v) is 15.0. The highest BCUT2D eigenvalue weighted by Crippen LogP contribution is 2.26. The van der Waals surface area contributed by atoms with E-state index in [0.29, 0.717) is 9.65 Å². The van der Waals surface area contributed by atoms with E-state index in [1.54, 1.807) is 6.92 Å². The molecule has 2 aromatic rings. The number of hydrogen-bond acceptors (Lipinski definition) is 7. The van der Waals surface area contributed by atoms with Gasteiger partial charge in [-0.25, -0.2) is 4.79 Å². The Balaban J connectivity index is 2.66. The molecule has 1 aromatic carbocycles. The highest BCUT2D eigenvalue weighted by atomic mass is 32.2. The molecule has 0 spiro atoms. The van der Waals surface area contributed by atoms with Crippen LogP contribution in [0.2, 0.25) is 0 Å². The van der Waals surface area contributed by atoms with Gasteiger partial charge in [-0.05, 0) is 33.3 Å². The normalized spacial score (nSPS) is 11.4. The summed E-state index contributed by atoms with van der Waals surface area (Å²) in [5.41, 5.74) is 0.324. The molecule has 10 heteroatoms. The summed E-state index contributed by atoms with van der Waals surface area (Å²) in [4.78, 5) is 22.0. The number of non-ortho nitro benzene ring substituents is 1. The molecular formula is C15H17N3O6S. The number of esters is 1. The number of aryl methyl sites for hydroxylation is 2. The molecular weight excluding hydrogens is 350 g/mol. The van der Waals surface area contributed by atoms with Gasteiger partial charge in [0.1, 0.15) is 5.56 Å². The van der Waals surface area contributed by atoms with Gasteiger partial charge in [-0.1, -0.05) is 6.07 Å². The average molecular weight is 367 g/mol. The van der Waals surface area contributed by atoms with Crippen molar-refractivity contribution in [2.75, 3.05) is 6.61 Å². The summed E-state index contributed by atoms with van der Waals surface area (Å²) < 4.78 is 31.5. The number of carbonyl (C=O) groups excluding carboxylic acids is 1. The van der Waals surface area contributed by atoms with Crippen molar-refractivity contribution >= 4 is 21.7 Å². The fraction of sp³-hybridized carbons (Fsp3) is 0.333. The van der Waals surface area contributed by atoms with E-state index in [2.05, 4.69) is 5.10 Å². The van der Waals surface area contributed by atoms with Gasteiger partial charge >= 0.3 is 5.97 Å². The molecule has 0 N–H and O–H groups in total.